The highest BCUT2D eigenvalue weighted by Crippen LogP contribution is 2.16. The molecule has 6 heteroatoms. The molecule has 1 aromatic rings. The van der Waals surface area contributed by atoms with Crippen molar-refractivity contribution in [2.45, 2.75) is 19.8 Å². The first-order valence-electron chi connectivity index (χ1n) is 4.41. The molecule has 0 atom stereocenters. The topological polar surface area (TPSA) is 66.9 Å². The molecule has 0 aliphatic heterocycles. The zero-order chi connectivity index (χ0) is 10.6. The predicted octanol–water partition coefficient (Wildman–Crippen LogP) is 0.819. The summed E-state index contributed by atoms with van der Waals surface area (Å²) < 4.78 is 4.16. The summed E-state index contributed by atoms with van der Waals surface area (Å²) >= 11 is 1.28. The van der Waals surface area contributed by atoms with Gasteiger partial charge < -0.3 is 10.6 Å². The van der Waals surface area contributed by atoms with Crippen molar-refractivity contribution in [1.29, 1.82) is 0 Å². The summed E-state index contributed by atoms with van der Waals surface area (Å²) in [6, 6.07) is 0. The summed E-state index contributed by atoms with van der Waals surface area (Å²) in [5.74, 6) is 1.07. The third kappa shape index (κ3) is 2.95. The van der Waals surface area contributed by atoms with Crippen molar-refractivity contribution in [2.75, 3.05) is 18.9 Å². The molecule has 0 fully saturated rings. The molecule has 1 aromatic heterocycles. The Kier molecular flexibility index (Phi) is 3.82. The third-order valence-electron chi connectivity index (χ3n) is 1.64. The van der Waals surface area contributed by atoms with Crippen LogP contribution in [0.4, 0.5) is 5.13 Å². The molecule has 0 saturated carbocycles. The minimum Gasteiger partial charge on any atom is -0.358 e. The first kappa shape index (κ1) is 10.9. The molecule has 0 bridgehead atoms. The van der Waals surface area contributed by atoms with E-state index in [9.17, 15) is 4.79 Å². The summed E-state index contributed by atoms with van der Waals surface area (Å²) in [5, 5.41) is 6.12. The van der Waals surface area contributed by atoms with E-state index in [2.05, 4.69) is 20.0 Å². The smallest absolute Gasteiger partial charge is 0.239 e. The SMILES string of the molecule is CNC(=O)CNc1nc(C(C)C)ns1. The first-order chi connectivity index (χ1) is 6.63. The Hall–Kier alpha value is -1.17. The summed E-state index contributed by atoms with van der Waals surface area (Å²) in [4.78, 5) is 15.1. The van der Waals surface area contributed by atoms with Crippen LogP contribution in [-0.4, -0.2) is 28.9 Å². The van der Waals surface area contributed by atoms with E-state index in [1.165, 1.54) is 11.5 Å². The van der Waals surface area contributed by atoms with Gasteiger partial charge >= 0.3 is 0 Å². The van der Waals surface area contributed by atoms with Crippen LogP contribution in [0.5, 0.6) is 0 Å². The van der Waals surface area contributed by atoms with Gasteiger partial charge in [0.05, 0.1) is 6.54 Å². The van der Waals surface area contributed by atoms with Crippen LogP contribution in [-0.2, 0) is 4.79 Å². The average Bonchev–Trinajstić information content (AvgIpc) is 2.62. The molecule has 1 amide bonds. The Morgan fingerprint density at radius 1 is 1.57 bits per heavy atom. The van der Waals surface area contributed by atoms with Crippen molar-refractivity contribution >= 4 is 22.6 Å². The maximum atomic E-state index is 10.9. The Labute approximate surface area is 87.1 Å². The largest absolute Gasteiger partial charge is 0.358 e. The van der Waals surface area contributed by atoms with E-state index < -0.39 is 0 Å². The summed E-state index contributed by atoms with van der Waals surface area (Å²) in [6.45, 7) is 4.30. The molecule has 5 nitrogen and oxygen atoms in total. The second-order valence-corrected chi connectivity index (χ2v) is 3.89. The van der Waals surface area contributed by atoms with Crippen molar-refractivity contribution in [1.82, 2.24) is 14.7 Å². The fourth-order valence-electron chi connectivity index (χ4n) is 0.785. The highest BCUT2D eigenvalue weighted by Gasteiger charge is 2.07. The molecule has 78 valence electrons. The highest BCUT2D eigenvalue weighted by molar-refractivity contribution is 7.09. The molecule has 0 radical (unpaired) electrons. The number of anilines is 1. The quantitative estimate of drug-likeness (QED) is 0.778. The van der Waals surface area contributed by atoms with Gasteiger partial charge in [0.25, 0.3) is 0 Å². The van der Waals surface area contributed by atoms with E-state index in [-0.39, 0.29) is 12.5 Å². The van der Waals surface area contributed by atoms with Gasteiger partial charge in [0, 0.05) is 24.5 Å². The summed E-state index contributed by atoms with van der Waals surface area (Å²) in [7, 11) is 1.60. The van der Waals surface area contributed by atoms with Crippen LogP contribution in [0.15, 0.2) is 0 Å². The zero-order valence-electron chi connectivity index (χ0n) is 8.50. The number of carbonyl (C=O) groups excluding carboxylic acids is 1. The molecule has 1 heterocycles. The number of likely N-dealkylation sites (N-methyl/N-ethyl adjacent to an activating group) is 1. The van der Waals surface area contributed by atoms with E-state index >= 15 is 0 Å². The van der Waals surface area contributed by atoms with Gasteiger partial charge in [-0.3, -0.25) is 4.79 Å². The van der Waals surface area contributed by atoms with Crippen LogP contribution in [0.2, 0.25) is 0 Å². The highest BCUT2D eigenvalue weighted by atomic mass is 32.1. The molecule has 2 N–H and O–H groups in total. The van der Waals surface area contributed by atoms with Gasteiger partial charge in [-0.2, -0.15) is 4.37 Å². The van der Waals surface area contributed by atoms with Crippen LogP contribution >= 0.6 is 11.5 Å². The molecule has 0 aliphatic carbocycles. The van der Waals surface area contributed by atoms with Gasteiger partial charge in [-0.25, -0.2) is 4.98 Å². The average molecular weight is 214 g/mol. The molecule has 14 heavy (non-hydrogen) atoms. The van der Waals surface area contributed by atoms with Crippen LogP contribution in [0, 0.1) is 0 Å². The van der Waals surface area contributed by atoms with Crippen molar-refractivity contribution in [3.8, 4) is 0 Å². The molecule has 0 spiro atoms. The summed E-state index contributed by atoms with van der Waals surface area (Å²) in [5.41, 5.74) is 0. The normalized spacial score (nSPS) is 10.3. The van der Waals surface area contributed by atoms with Crippen molar-refractivity contribution in [2.24, 2.45) is 0 Å². The molecule has 0 unspecified atom stereocenters. The van der Waals surface area contributed by atoms with Gasteiger partial charge in [-0.05, 0) is 0 Å². The Morgan fingerprint density at radius 2 is 2.29 bits per heavy atom. The van der Waals surface area contributed by atoms with Crippen molar-refractivity contribution in [3.05, 3.63) is 5.82 Å². The number of nitrogens with one attached hydrogen (secondary N) is 2. The zero-order valence-corrected chi connectivity index (χ0v) is 9.31. The molecule has 0 aliphatic rings. The van der Waals surface area contributed by atoms with Crippen LogP contribution in [0.1, 0.15) is 25.6 Å². The Morgan fingerprint density at radius 3 is 2.79 bits per heavy atom. The molecular formula is C8H14N4OS. The van der Waals surface area contributed by atoms with E-state index in [0.717, 1.165) is 5.82 Å². The number of amides is 1. The lowest BCUT2D eigenvalue weighted by Crippen LogP contribution is -2.26. The molecule has 0 saturated heterocycles. The van der Waals surface area contributed by atoms with Crippen molar-refractivity contribution in [3.63, 3.8) is 0 Å². The van der Waals surface area contributed by atoms with Gasteiger partial charge in [0.15, 0.2) is 0 Å². The lowest BCUT2D eigenvalue weighted by molar-refractivity contribution is -0.118. The lowest BCUT2D eigenvalue weighted by atomic mass is 10.2. The van der Waals surface area contributed by atoms with Crippen LogP contribution < -0.4 is 10.6 Å². The standard InChI is InChI=1S/C8H14N4OS/c1-5(2)7-11-8(14-12-7)10-4-6(13)9-3/h5H,4H2,1-3H3,(H,9,13)(H,10,11,12). The maximum Gasteiger partial charge on any atom is 0.239 e. The molecular weight excluding hydrogens is 200 g/mol. The van der Waals surface area contributed by atoms with Gasteiger partial charge in [0.2, 0.25) is 11.0 Å². The molecule has 1 rings (SSSR count). The maximum absolute atomic E-state index is 10.9. The van der Waals surface area contributed by atoms with Crippen LogP contribution in [0.3, 0.4) is 0 Å². The van der Waals surface area contributed by atoms with E-state index in [4.69, 9.17) is 0 Å². The van der Waals surface area contributed by atoms with Gasteiger partial charge in [0.1, 0.15) is 5.82 Å². The van der Waals surface area contributed by atoms with Crippen molar-refractivity contribution < 1.29 is 4.79 Å². The van der Waals surface area contributed by atoms with E-state index in [0.29, 0.717) is 11.0 Å². The lowest BCUT2D eigenvalue weighted by Gasteiger charge is -1.99. The van der Waals surface area contributed by atoms with E-state index in [1.54, 1.807) is 7.05 Å². The summed E-state index contributed by atoms with van der Waals surface area (Å²) in [6.07, 6.45) is 0. The van der Waals surface area contributed by atoms with Gasteiger partial charge in [-0.15, -0.1) is 0 Å². The van der Waals surface area contributed by atoms with Gasteiger partial charge in [-0.1, -0.05) is 13.8 Å². The fourth-order valence-corrected chi connectivity index (χ4v) is 1.49. The number of aromatic nitrogens is 2. The minimum atomic E-state index is -0.0636. The molecule has 0 aromatic carbocycles. The van der Waals surface area contributed by atoms with E-state index in [1.807, 2.05) is 13.8 Å². The number of rotatable bonds is 4. The fraction of sp³-hybridized carbons (Fsp3) is 0.625. The second kappa shape index (κ2) is 4.90. The Bertz CT molecular complexity index is 310. The third-order valence-corrected chi connectivity index (χ3v) is 2.32. The first-order valence-corrected chi connectivity index (χ1v) is 5.19. The number of hydrogen-bond donors (Lipinski definition) is 2. The number of carbonyl (C=O) groups is 1. The van der Waals surface area contributed by atoms with Crippen LogP contribution in [0.25, 0.3) is 0 Å². The Balaban J connectivity index is 2.48. The predicted molar refractivity (Wildman–Crippen MR) is 56.6 cm³/mol. The second-order valence-electron chi connectivity index (χ2n) is 3.14. The number of nitrogens with zero attached hydrogens (tertiary/aromatic N) is 2. The minimum absolute atomic E-state index is 0.0636. The number of hydrogen-bond acceptors (Lipinski definition) is 5. The monoisotopic (exact) mass is 214 g/mol.